The fourth-order valence-corrected chi connectivity index (χ4v) is 9.36. The standard InChI is InChI=1S/C40H33Cl2N3O6/c1-51-27-13-10-24(11-14-27)40-31(37(48)45(39(40)50)43-33-17-12-25(41)19-32(33)42)20-30-28(35(40)23-8-5-9-26(46)18-23)15-16-29-34(30)38(49)44(36(29)47)21-22-6-3-2-4-7-22/h2-15,17-19,29-31,34-35,43,46H,16,20-21H2,1H3/t29-,30+,31-,34-,35-,40+/m0/s1. The monoisotopic (exact) mass is 721 g/mol. The highest BCUT2D eigenvalue weighted by atomic mass is 35.5. The SMILES string of the molecule is COc1ccc([C@@]23C(=O)N(Nc4ccc(Cl)cc4Cl)C(=O)[C@@H]2C[C@@H]2C(=CC[C@@H]4C(=O)N(Cc5ccccc5)C(=O)[C@@H]42)[C@@H]3c2cccc(O)c2)cc1. The minimum Gasteiger partial charge on any atom is -0.508 e. The average molecular weight is 723 g/mol. The molecule has 3 fully saturated rings. The second-order valence-electron chi connectivity index (χ2n) is 13.6. The van der Waals surface area contributed by atoms with Crippen molar-refractivity contribution < 1.29 is 29.0 Å². The maximum absolute atomic E-state index is 15.3. The number of imide groups is 2. The molecule has 2 heterocycles. The van der Waals surface area contributed by atoms with E-state index in [-0.39, 0.29) is 35.6 Å². The highest BCUT2D eigenvalue weighted by Crippen LogP contribution is 2.64. The molecular weight excluding hydrogens is 689 g/mol. The largest absolute Gasteiger partial charge is 0.508 e. The molecule has 4 amide bonds. The molecule has 4 aromatic rings. The molecule has 0 radical (unpaired) electrons. The summed E-state index contributed by atoms with van der Waals surface area (Å²) in [7, 11) is 1.55. The topological polar surface area (TPSA) is 116 Å². The Labute approximate surface area is 304 Å². The van der Waals surface area contributed by atoms with E-state index in [9.17, 15) is 19.5 Å². The Balaban J connectivity index is 1.30. The number of phenolic OH excluding ortho intramolecular Hbond substituents is 1. The van der Waals surface area contributed by atoms with Crippen LogP contribution < -0.4 is 10.2 Å². The minimum absolute atomic E-state index is 0.00815. The van der Waals surface area contributed by atoms with Gasteiger partial charge < -0.3 is 9.84 Å². The summed E-state index contributed by atoms with van der Waals surface area (Å²) < 4.78 is 5.45. The number of anilines is 1. The number of aromatic hydroxyl groups is 1. The lowest BCUT2D eigenvalue weighted by molar-refractivity contribution is -0.142. The van der Waals surface area contributed by atoms with E-state index in [0.29, 0.717) is 34.0 Å². The Hall–Kier alpha value is -5.12. The van der Waals surface area contributed by atoms with Gasteiger partial charge in [0.05, 0.1) is 47.5 Å². The van der Waals surface area contributed by atoms with Crippen LogP contribution in [-0.4, -0.2) is 45.8 Å². The van der Waals surface area contributed by atoms with Gasteiger partial charge in [-0.05, 0) is 77.9 Å². The highest BCUT2D eigenvalue weighted by Gasteiger charge is 2.70. The van der Waals surface area contributed by atoms with Gasteiger partial charge in [0.15, 0.2) is 0 Å². The number of allylic oxidation sites excluding steroid dienone is 2. The van der Waals surface area contributed by atoms with Crippen LogP contribution in [-0.2, 0) is 31.1 Å². The molecule has 0 aromatic heterocycles. The van der Waals surface area contributed by atoms with Gasteiger partial charge in [0.1, 0.15) is 11.5 Å². The van der Waals surface area contributed by atoms with Crippen LogP contribution in [0.4, 0.5) is 5.69 Å². The van der Waals surface area contributed by atoms with Gasteiger partial charge in [0, 0.05) is 10.9 Å². The summed E-state index contributed by atoms with van der Waals surface area (Å²) in [5, 5.41) is 12.4. The third-order valence-corrected chi connectivity index (χ3v) is 11.6. The Morgan fingerprint density at radius 3 is 2.33 bits per heavy atom. The zero-order valence-electron chi connectivity index (χ0n) is 27.5. The van der Waals surface area contributed by atoms with Gasteiger partial charge in [0.25, 0.3) is 11.8 Å². The first-order valence-electron chi connectivity index (χ1n) is 16.8. The van der Waals surface area contributed by atoms with Crippen molar-refractivity contribution in [2.75, 3.05) is 12.5 Å². The molecule has 6 atom stereocenters. The Morgan fingerprint density at radius 2 is 1.63 bits per heavy atom. The second-order valence-corrected chi connectivity index (χ2v) is 14.4. The molecule has 258 valence electrons. The fraction of sp³-hybridized carbons (Fsp3) is 0.250. The van der Waals surface area contributed by atoms with Crippen LogP contribution in [0.3, 0.4) is 0 Å². The van der Waals surface area contributed by atoms with Crippen molar-refractivity contribution in [1.82, 2.24) is 9.91 Å². The third kappa shape index (κ3) is 5.13. The first-order chi connectivity index (χ1) is 24.6. The number of rotatable bonds is 7. The Morgan fingerprint density at radius 1 is 0.863 bits per heavy atom. The molecule has 4 aromatic carbocycles. The number of fused-ring (bicyclic) bond motifs is 4. The van der Waals surface area contributed by atoms with E-state index in [1.54, 1.807) is 61.7 Å². The summed E-state index contributed by atoms with van der Waals surface area (Å²) in [5.41, 5.74) is 4.61. The number of ether oxygens (including phenoxy) is 1. The lowest BCUT2D eigenvalue weighted by Crippen LogP contribution is -2.53. The number of amides is 4. The van der Waals surface area contributed by atoms with Crippen molar-refractivity contribution in [1.29, 1.82) is 0 Å². The number of hydrogen-bond acceptors (Lipinski definition) is 7. The molecule has 0 spiro atoms. The fourth-order valence-electron chi connectivity index (χ4n) is 8.91. The van der Waals surface area contributed by atoms with E-state index in [1.165, 1.54) is 11.0 Å². The normalized spacial score (nSPS) is 26.8. The van der Waals surface area contributed by atoms with Crippen LogP contribution in [0.1, 0.15) is 35.4 Å². The van der Waals surface area contributed by atoms with E-state index in [0.717, 1.165) is 16.1 Å². The maximum Gasteiger partial charge on any atom is 0.260 e. The lowest BCUT2D eigenvalue weighted by atomic mass is 9.49. The predicted octanol–water partition coefficient (Wildman–Crippen LogP) is 6.89. The average Bonchev–Trinajstić information content (AvgIpc) is 3.50. The first-order valence-corrected chi connectivity index (χ1v) is 17.5. The van der Waals surface area contributed by atoms with Gasteiger partial charge in [-0.15, -0.1) is 0 Å². The van der Waals surface area contributed by atoms with Crippen molar-refractivity contribution in [3.63, 3.8) is 0 Å². The molecule has 2 saturated heterocycles. The molecule has 2 N–H and O–H groups in total. The summed E-state index contributed by atoms with van der Waals surface area (Å²) in [4.78, 5) is 59.7. The van der Waals surface area contributed by atoms with E-state index >= 15 is 4.79 Å². The van der Waals surface area contributed by atoms with Crippen molar-refractivity contribution in [3.8, 4) is 11.5 Å². The van der Waals surface area contributed by atoms with Gasteiger partial charge in [0.2, 0.25) is 11.8 Å². The highest BCUT2D eigenvalue weighted by molar-refractivity contribution is 6.36. The lowest BCUT2D eigenvalue weighted by Gasteiger charge is -2.50. The summed E-state index contributed by atoms with van der Waals surface area (Å²) in [6.07, 6.45) is 2.43. The van der Waals surface area contributed by atoms with Gasteiger partial charge in [-0.3, -0.25) is 29.5 Å². The number of benzene rings is 4. The number of nitrogens with one attached hydrogen (secondary N) is 1. The van der Waals surface area contributed by atoms with E-state index in [2.05, 4.69) is 5.43 Å². The number of phenols is 1. The molecule has 9 nitrogen and oxygen atoms in total. The number of carbonyl (C=O) groups excluding carboxylic acids is 4. The van der Waals surface area contributed by atoms with Crippen LogP contribution >= 0.6 is 23.2 Å². The van der Waals surface area contributed by atoms with Crippen LogP contribution in [0.25, 0.3) is 0 Å². The molecule has 8 rings (SSSR count). The Kier molecular flexibility index (Phi) is 8.15. The molecule has 11 heteroatoms. The number of hydrogen-bond donors (Lipinski definition) is 2. The molecule has 51 heavy (non-hydrogen) atoms. The summed E-state index contributed by atoms with van der Waals surface area (Å²) in [5.74, 6) is -4.54. The number of methoxy groups -OCH3 is 1. The van der Waals surface area contributed by atoms with Gasteiger partial charge in [-0.2, -0.15) is 5.01 Å². The minimum atomic E-state index is -1.51. The van der Waals surface area contributed by atoms with Crippen LogP contribution in [0.15, 0.2) is 109 Å². The third-order valence-electron chi connectivity index (χ3n) is 11.1. The zero-order valence-corrected chi connectivity index (χ0v) is 29.0. The smallest absolute Gasteiger partial charge is 0.260 e. The van der Waals surface area contributed by atoms with Gasteiger partial charge >= 0.3 is 0 Å². The van der Waals surface area contributed by atoms with Crippen LogP contribution in [0, 0.1) is 23.7 Å². The molecule has 0 bridgehead atoms. The van der Waals surface area contributed by atoms with Crippen LogP contribution in [0.5, 0.6) is 11.5 Å². The molecule has 2 aliphatic heterocycles. The quantitative estimate of drug-likeness (QED) is 0.158. The number of nitrogens with zero attached hydrogens (tertiary/aromatic N) is 2. The zero-order chi connectivity index (χ0) is 35.6. The summed E-state index contributed by atoms with van der Waals surface area (Å²) in [6.45, 7) is 0.153. The maximum atomic E-state index is 15.3. The summed E-state index contributed by atoms with van der Waals surface area (Å²) >= 11 is 12.7. The van der Waals surface area contributed by atoms with Crippen molar-refractivity contribution in [2.24, 2.45) is 23.7 Å². The molecular formula is C40H33Cl2N3O6. The second kappa shape index (κ2) is 12.6. The predicted molar refractivity (Wildman–Crippen MR) is 191 cm³/mol. The van der Waals surface area contributed by atoms with Gasteiger partial charge in [-0.1, -0.05) is 89.4 Å². The van der Waals surface area contributed by atoms with E-state index < -0.39 is 46.8 Å². The summed E-state index contributed by atoms with van der Waals surface area (Å²) in [6, 6.07) is 27.9. The number of carbonyl (C=O) groups is 4. The Bertz CT molecular complexity index is 2120. The van der Waals surface area contributed by atoms with Gasteiger partial charge in [-0.25, -0.2) is 0 Å². The van der Waals surface area contributed by atoms with Crippen molar-refractivity contribution in [2.45, 2.75) is 30.7 Å². The number of likely N-dealkylation sites (tertiary alicyclic amines) is 1. The molecule has 4 aliphatic rings. The van der Waals surface area contributed by atoms with Crippen molar-refractivity contribution >= 4 is 52.5 Å². The number of hydrazine groups is 1. The van der Waals surface area contributed by atoms with E-state index in [4.69, 9.17) is 27.9 Å². The van der Waals surface area contributed by atoms with Crippen LogP contribution in [0.2, 0.25) is 10.0 Å². The van der Waals surface area contributed by atoms with Crippen molar-refractivity contribution in [3.05, 3.63) is 135 Å². The molecule has 1 saturated carbocycles. The van der Waals surface area contributed by atoms with E-state index in [1.807, 2.05) is 42.5 Å². The number of halogens is 2. The molecule has 0 unspecified atom stereocenters. The molecule has 2 aliphatic carbocycles. The first kappa shape index (κ1) is 33.0.